The molecule has 0 spiro atoms. The van der Waals surface area contributed by atoms with Gasteiger partial charge in [-0.05, 0) is 112 Å². The van der Waals surface area contributed by atoms with Crippen molar-refractivity contribution in [3.63, 3.8) is 0 Å². The number of nitrogens with zero attached hydrogens (tertiary/aromatic N) is 5. The van der Waals surface area contributed by atoms with Gasteiger partial charge in [-0.3, -0.25) is 4.57 Å². The molecule has 1 aliphatic rings. The van der Waals surface area contributed by atoms with Crippen LogP contribution in [0.2, 0.25) is 0 Å². The van der Waals surface area contributed by atoms with Crippen LogP contribution < -0.4 is 14.5 Å². The SMILES string of the molecule is [2H]c1c([2H])c([2H])c(-c2cccc(-c3cc(C(C)(C)C)cc(C(C)(C)C)c3)c2N2CN(c3cccc(Oc4ccc5c6c7oc8c([N+]#[C-])cccc8c7ccc6n(-c6cc(C([2H])([2H])C(C)C)ccn6)c5c4)c3)c3ccccc32)c([2H])c1[2H]. The number of pyridine rings is 1. The van der Waals surface area contributed by atoms with Crippen molar-refractivity contribution in [3.8, 4) is 39.6 Å². The molecule has 7 nitrogen and oxygen atoms in total. The molecule has 12 rings (SSSR count). The zero-order valence-corrected chi connectivity index (χ0v) is 42.8. The Morgan fingerprint density at radius 3 is 2.07 bits per heavy atom. The predicted molar refractivity (Wildman–Crippen MR) is 307 cm³/mol. The molecule has 8 aromatic carbocycles. The fourth-order valence-corrected chi connectivity index (χ4v) is 10.5. The molecule has 74 heavy (non-hydrogen) atoms. The van der Waals surface area contributed by atoms with Crippen molar-refractivity contribution in [1.82, 2.24) is 9.55 Å². The molecule has 0 unspecified atom stereocenters. The summed E-state index contributed by atoms with van der Waals surface area (Å²) in [4.78, 5) is 13.0. The second-order valence-electron chi connectivity index (χ2n) is 21.5. The first kappa shape index (κ1) is 39.0. The average molecular weight is 973 g/mol. The average Bonchev–Trinajstić information content (AvgIpc) is 2.84. The van der Waals surface area contributed by atoms with Crippen LogP contribution in [-0.2, 0) is 17.2 Å². The number of furan rings is 1. The molecule has 0 saturated carbocycles. The van der Waals surface area contributed by atoms with Crippen molar-refractivity contribution in [1.29, 1.82) is 0 Å². The monoisotopic (exact) mass is 973 g/mol. The van der Waals surface area contributed by atoms with Crippen LogP contribution in [0.25, 0.3) is 76.7 Å². The summed E-state index contributed by atoms with van der Waals surface area (Å²) < 4.78 is 78.2. The van der Waals surface area contributed by atoms with E-state index in [4.69, 9.17) is 27.6 Å². The van der Waals surface area contributed by atoms with Crippen LogP contribution >= 0.6 is 0 Å². The molecule has 0 aliphatic carbocycles. The minimum absolute atomic E-state index is 0.124. The summed E-state index contributed by atoms with van der Waals surface area (Å²) in [5.41, 5.74) is 11.3. The lowest BCUT2D eigenvalue weighted by Crippen LogP contribution is -2.25. The van der Waals surface area contributed by atoms with Gasteiger partial charge in [-0.25, -0.2) is 9.83 Å². The number of hydrogen-bond acceptors (Lipinski definition) is 5. The maximum atomic E-state index is 9.28. The van der Waals surface area contributed by atoms with E-state index in [-0.39, 0.29) is 34.4 Å². The van der Waals surface area contributed by atoms with Gasteiger partial charge in [-0.15, -0.1) is 0 Å². The lowest BCUT2D eigenvalue weighted by Gasteiger charge is -2.29. The first-order valence-electron chi connectivity index (χ1n) is 28.6. The van der Waals surface area contributed by atoms with Gasteiger partial charge in [-0.1, -0.05) is 158 Å². The highest BCUT2D eigenvalue weighted by Crippen LogP contribution is 2.51. The Balaban J connectivity index is 0.992. The highest BCUT2D eigenvalue weighted by Gasteiger charge is 2.32. The number of anilines is 4. The van der Waals surface area contributed by atoms with Crippen LogP contribution in [0.4, 0.5) is 28.4 Å². The molecule has 0 radical (unpaired) electrons. The molecular weight excluding hydrogens is 907 g/mol. The van der Waals surface area contributed by atoms with E-state index in [1.54, 1.807) is 18.3 Å². The molecule has 0 saturated heterocycles. The quantitative estimate of drug-likeness (QED) is 0.135. The third-order valence-electron chi connectivity index (χ3n) is 14.1. The Morgan fingerprint density at radius 2 is 1.34 bits per heavy atom. The lowest BCUT2D eigenvalue weighted by molar-refractivity contribution is 0.483. The van der Waals surface area contributed by atoms with Crippen LogP contribution in [0.3, 0.4) is 0 Å². The van der Waals surface area contributed by atoms with Crippen LogP contribution in [0.1, 0.15) is 81.7 Å². The third kappa shape index (κ3) is 8.12. The highest BCUT2D eigenvalue weighted by molar-refractivity contribution is 6.24. The molecular formula is C67H59N5O2. The first-order chi connectivity index (χ1) is 38.5. The first-order valence-corrected chi connectivity index (χ1v) is 25.1. The summed E-state index contributed by atoms with van der Waals surface area (Å²) in [7, 11) is 0. The Bertz CT molecular complexity index is 4380. The van der Waals surface area contributed by atoms with E-state index in [1.165, 1.54) is 0 Å². The van der Waals surface area contributed by atoms with Gasteiger partial charge in [0.15, 0.2) is 0 Å². The minimum atomic E-state index is -1.63. The van der Waals surface area contributed by atoms with Crippen molar-refractivity contribution in [3.05, 3.63) is 210 Å². The second kappa shape index (κ2) is 17.9. The van der Waals surface area contributed by atoms with Gasteiger partial charge < -0.3 is 19.0 Å². The summed E-state index contributed by atoms with van der Waals surface area (Å²) in [6, 6.07) is 45.9. The number of ether oxygens (including phenoxy) is 1. The van der Waals surface area contributed by atoms with Crippen molar-refractivity contribution >= 4 is 72.2 Å². The van der Waals surface area contributed by atoms with Crippen LogP contribution in [0.5, 0.6) is 11.5 Å². The molecule has 7 heteroatoms. The Labute approximate surface area is 443 Å². The van der Waals surface area contributed by atoms with Gasteiger partial charge in [0.2, 0.25) is 5.69 Å². The van der Waals surface area contributed by atoms with Gasteiger partial charge in [0.05, 0.1) is 46.9 Å². The molecule has 0 fully saturated rings. The van der Waals surface area contributed by atoms with Crippen molar-refractivity contribution in [2.24, 2.45) is 5.92 Å². The second-order valence-corrected chi connectivity index (χ2v) is 21.5. The van der Waals surface area contributed by atoms with Crippen molar-refractivity contribution < 1.29 is 18.7 Å². The minimum Gasteiger partial charge on any atom is -0.466 e. The number of para-hydroxylation sites is 4. The van der Waals surface area contributed by atoms with E-state index in [1.807, 2.05) is 115 Å². The van der Waals surface area contributed by atoms with Gasteiger partial charge in [-0.2, -0.15) is 0 Å². The molecule has 0 bridgehead atoms. The fourth-order valence-electron chi connectivity index (χ4n) is 10.5. The maximum absolute atomic E-state index is 9.28. The third-order valence-corrected chi connectivity index (χ3v) is 14.1. The summed E-state index contributed by atoms with van der Waals surface area (Å²) in [5, 5.41) is 3.40. The lowest BCUT2D eigenvalue weighted by atomic mass is 9.78. The molecule has 4 heterocycles. The summed E-state index contributed by atoms with van der Waals surface area (Å²) in [5.74, 6) is 1.34. The van der Waals surface area contributed by atoms with Crippen LogP contribution in [0.15, 0.2) is 186 Å². The number of fused-ring (bicyclic) bond motifs is 8. The molecule has 0 atom stereocenters. The van der Waals surface area contributed by atoms with Gasteiger partial charge in [0.1, 0.15) is 35.2 Å². The normalized spacial score (nSPS) is 14.5. The highest BCUT2D eigenvalue weighted by atomic mass is 16.5. The molecule has 3 aromatic heterocycles. The smallest absolute Gasteiger partial charge is 0.229 e. The number of hydrogen-bond donors (Lipinski definition) is 0. The summed E-state index contributed by atoms with van der Waals surface area (Å²) in [6.45, 7) is 25.1. The standard InChI is InChI=1S/C67H59N5O2/c1-42(2)34-43-32-33-69-61(35-43)72-59-31-30-54-53-24-17-25-56(68-9)64(53)74-65(54)62(59)55-29-28-50(40-60(55)72)73-49-21-15-20-48(39-49)70-41-71(58-27-14-13-26-57(58)70)63-51(44-18-11-10-12-19-44)22-16-23-52(63)45-36-46(66(3,4)5)38-47(37-45)67(6,7)8/h10-33,35-40,42H,34,41H2,1-8H3/i10D,11D,12D,18D,19D,34D2. The van der Waals surface area contributed by atoms with Gasteiger partial charge >= 0.3 is 0 Å². The summed E-state index contributed by atoms with van der Waals surface area (Å²) >= 11 is 0. The van der Waals surface area contributed by atoms with E-state index in [2.05, 4.69) is 92.6 Å². The Kier molecular flexibility index (Phi) is 9.41. The van der Waals surface area contributed by atoms with E-state index in [0.717, 1.165) is 71.9 Å². The Morgan fingerprint density at radius 1 is 0.662 bits per heavy atom. The molecule has 1 aliphatic heterocycles. The van der Waals surface area contributed by atoms with E-state index >= 15 is 0 Å². The van der Waals surface area contributed by atoms with Gasteiger partial charge in [0, 0.05) is 54.0 Å². The van der Waals surface area contributed by atoms with Crippen LogP contribution in [0, 0.1) is 12.5 Å². The zero-order valence-electron chi connectivity index (χ0n) is 49.8. The molecule has 364 valence electrons. The van der Waals surface area contributed by atoms with E-state index in [9.17, 15) is 2.74 Å². The van der Waals surface area contributed by atoms with Crippen LogP contribution in [-0.4, -0.2) is 16.2 Å². The molecule has 0 amide bonds. The van der Waals surface area contributed by atoms with Crippen molar-refractivity contribution in [2.75, 3.05) is 16.5 Å². The Hall–Kier alpha value is -8.60. The topological polar surface area (TPSA) is 51.0 Å². The van der Waals surface area contributed by atoms with Gasteiger partial charge in [0.25, 0.3) is 0 Å². The van der Waals surface area contributed by atoms with E-state index < -0.39 is 24.5 Å². The largest absolute Gasteiger partial charge is 0.466 e. The summed E-state index contributed by atoms with van der Waals surface area (Å²) in [6.07, 6.45) is 0.0191. The fraction of sp³-hybridized carbons (Fsp3) is 0.194. The number of benzene rings is 8. The zero-order chi connectivity index (χ0) is 57.2. The van der Waals surface area contributed by atoms with E-state index in [0.29, 0.717) is 57.7 Å². The maximum Gasteiger partial charge on any atom is 0.229 e. The predicted octanol–water partition coefficient (Wildman–Crippen LogP) is 18.8. The molecule has 0 N–H and O–H groups in total. The number of aromatic nitrogens is 2. The van der Waals surface area contributed by atoms with Crippen molar-refractivity contribution in [2.45, 2.75) is 72.6 Å². The molecule has 11 aromatic rings. The number of rotatable bonds is 9.